The Morgan fingerprint density at radius 1 is 1.06 bits per heavy atom. The van der Waals surface area contributed by atoms with Crippen LogP contribution >= 0.6 is 0 Å². The van der Waals surface area contributed by atoms with E-state index < -0.39 is 11.2 Å². The number of nitrogens with zero attached hydrogens (tertiary/aromatic N) is 3. The van der Waals surface area contributed by atoms with Crippen molar-refractivity contribution in [2.24, 2.45) is 0 Å². The number of pyridine rings is 1. The van der Waals surface area contributed by atoms with Crippen molar-refractivity contribution < 1.29 is 19.0 Å². The summed E-state index contributed by atoms with van der Waals surface area (Å²) in [6.45, 7) is 0.555. The van der Waals surface area contributed by atoms with Gasteiger partial charge in [0.05, 0.1) is 26.3 Å². The minimum Gasteiger partial charge on any atom is -0.493 e. The zero-order valence-corrected chi connectivity index (χ0v) is 18.3. The lowest BCUT2D eigenvalue weighted by Crippen LogP contribution is -2.43. The third-order valence-corrected chi connectivity index (χ3v) is 4.99. The molecule has 1 N–H and O–H groups in total. The van der Waals surface area contributed by atoms with Crippen LogP contribution in [-0.4, -0.2) is 54.5 Å². The minimum absolute atomic E-state index is 0.116. The highest BCUT2D eigenvalue weighted by Crippen LogP contribution is 2.27. The second kappa shape index (κ2) is 10.6. The number of fused-ring (bicyclic) bond motifs is 1. The fraction of sp³-hybridized carbons (Fsp3) is 0.364. The van der Waals surface area contributed by atoms with Gasteiger partial charge >= 0.3 is 5.69 Å². The number of aromatic nitrogens is 3. The molecular formula is C22H26N4O6. The van der Waals surface area contributed by atoms with Gasteiger partial charge < -0.3 is 19.5 Å². The molecule has 2 heterocycles. The largest absolute Gasteiger partial charge is 0.493 e. The van der Waals surface area contributed by atoms with Gasteiger partial charge in [-0.05, 0) is 36.2 Å². The number of hydrogen-bond acceptors (Lipinski definition) is 7. The maximum atomic E-state index is 13.2. The summed E-state index contributed by atoms with van der Waals surface area (Å²) in [6, 6.07) is 8.63. The van der Waals surface area contributed by atoms with Crippen molar-refractivity contribution in [3.05, 3.63) is 62.9 Å². The van der Waals surface area contributed by atoms with E-state index in [9.17, 15) is 14.4 Å². The molecule has 0 aliphatic heterocycles. The smallest absolute Gasteiger partial charge is 0.332 e. The lowest BCUT2D eigenvalue weighted by Gasteiger charge is -2.14. The summed E-state index contributed by atoms with van der Waals surface area (Å²) in [4.78, 5) is 42.6. The highest BCUT2D eigenvalue weighted by Gasteiger charge is 2.16. The summed E-state index contributed by atoms with van der Waals surface area (Å²) in [7, 11) is 4.62. The van der Waals surface area contributed by atoms with Crippen molar-refractivity contribution in [1.82, 2.24) is 19.4 Å². The fourth-order valence-corrected chi connectivity index (χ4v) is 3.36. The quantitative estimate of drug-likeness (QED) is 0.457. The second-order valence-corrected chi connectivity index (χ2v) is 6.98. The molecule has 0 radical (unpaired) electrons. The van der Waals surface area contributed by atoms with E-state index in [0.29, 0.717) is 36.6 Å². The first-order valence-corrected chi connectivity index (χ1v) is 10.0. The topological polar surface area (TPSA) is 114 Å². The van der Waals surface area contributed by atoms with Gasteiger partial charge in [-0.1, -0.05) is 6.07 Å². The van der Waals surface area contributed by atoms with Crippen LogP contribution in [0.15, 0.2) is 46.1 Å². The van der Waals surface area contributed by atoms with E-state index in [0.717, 1.165) is 10.1 Å². The Morgan fingerprint density at radius 3 is 2.56 bits per heavy atom. The van der Waals surface area contributed by atoms with E-state index in [1.807, 2.05) is 6.07 Å². The van der Waals surface area contributed by atoms with Crippen LogP contribution in [0.25, 0.3) is 11.0 Å². The number of carbonyl (C=O) groups excluding carboxylic acids is 1. The SMILES string of the molecule is COCCNC(=O)Cn1c(=O)n(CCc2ccc(OC)c(OC)c2)c(=O)c2ncccc21. The van der Waals surface area contributed by atoms with E-state index in [1.54, 1.807) is 31.4 Å². The van der Waals surface area contributed by atoms with Crippen molar-refractivity contribution in [1.29, 1.82) is 0 Å². The number of carbonyl (C=O) groups is 1. The van der Waals surface area contributed by atoms with E-state index >= 15 is 0 Å². The number of hydrogen-bond donors (Lipinski definition) is 1. The van der Waals surface area contributed by atoms with Gasteiger partial charge in [-0.3, -0.25) is 18.7 Å². The Bertz CT molecular complexity index is 1220. The molecule has 10 nitrogen and oxygen atoms in total. The highest BCUT2D eigenvalue weighted by atomic mass is 16.5. The molecule has 10 heteroatoms. The second-order valence-electron chi connectivity index (χ2n) is 6.98. The van der Waals surface area contributed by atoms with Crippen LogP contribution in [0.1, 0.15) is 5.56 Å². The van der Waals surface area contributed by atoms with Gasteiger partial charge in [0.25, 0.3) is 5.56 Å². The molecule has 0 saturated heterocycles. The summed E-state index contributed by atoms with van der Waals surface area (Å²) in [5.74, 6) is 0.784. The first-order chi connectivity index (χ1) is 15.5. The third-order valence-electron chi connectivity index (χ3n) is 4.99. The molecule has 0 spiro atoms. The Labute approximate surface area is 184 Å². The van der Waals surface area contributed by atoms with Crippen LogP contribution in [-0.2, 0) is 29.0 Å². The number of rotatable bonds is 10. The molecule has 0 saturated carbocycles. The van der Waals surface area contributed by atoms with Crippen molar-refractivity contribution in [3.63, 3.8) is 0 Å². The van der Waals surface area contributed by atoms with Crippen LogP contribution in [0, 0.1) is 0 Å². The molecule has 0 bridgehead atoms. The van der Waals surface area contributed by atoms with Crippen LogP contribution in [0.4, 0.5) is 0 Å². The Morgan fingerprint density at radius 2 is 1.84 bits per heavy atom. The average molecular weight is 442 g/mol. The van der Waals surface area contributed by atoms with Gasteiger partial charge in [-0.15, -0.1) is 0 Å². The molecule has 0 aliphatic carbocycles. The van der Waals surface area contributed by atoms with Gasteiger partial charge in [-0.25, -0.2) is 9.78 Å². The normalized spacial score (nSPS) is 10.8. The molecule has 0 atom stereocenters. The predicted molar refractivity (Wildman–Crippen MR) is 118 cm³/mol. The van der Waals surface area contributed by atoms with E-state index in [-0.39, 0.29) is 24.5 Å². The Balaban J connectivity index is 1.94. The molecule has 0 unspecified atom stereocenters. The number of aryl methyl sites for hydroxylation is 1. The van der Waals surface area contributed by atoms with Crippen molar-refractivity contribution in [3.8, 4) is 11.5 Å². The molecule has 3 rings (SSSR count). The maximum Gasteiger partial charge on any atom is 0.332 e. The Kier molecular flexibility index (Phi) is 7.61. The lowest BCUT2D eigenvalue weighted by molar-refractivity contribution is -0.121. The summed E-state index contributed by atoms with van der Waals surface area (Å²) in [6.07, 6.45) is 1.88. The monoisotopic (exact) mass is 442 g/mol. The van der Waals surface area contributed by atoms with Crippen LogP contribution in [0.2, 0.25) is 0 Å². The Hall–Kier alpha value is -3.66. The summed E-state index contributed by atoms with van der Waals surface area (Å²) < 4.78 is 17.8. The van der Waals surface area contributed by atoms with E-state index in [2.05, 4.69) is 10.3 Å². The fourth-order valence-electron chi connectivity index (χ4n) is 3.36. The molecule has 0 fully saturated rings. The number of amides is 1. The minimum atomic E-state index is -0.571. The van der Waals surface area contributed by atoms with Gasteiger partial charge in [0, 0.05) is 26.4 Å². The van der Waals surface area contributed by atoms with Crippen molar-refractivity contribution in [2.75, 3.05) is 34.5 Å². The zero-order chi connectivity index (χ0) is 23.1. The third kappa shape index (κ3) is 4.97. The average Bonchev–Trinajstić information content (AvgIpc) is 2.81. The van der Waals surface area contributed by atoms with E-state index in [1.165, 1.54) is 25.0 Å². The number of benzene rings is 1. The molecule has 3 aromatic rings. The van der Waals surface area contributed by atoms with Crippen LogP contribution < -0.4 is 26.0 Å². The van der Waals surface area contributed by atoms with Crippen molar-refractivity contribution in [2.45, 2.75) is 19.5 Å². The summed E-state index contributed by atoms with van der Waals surface area (Å²) >= 11 is 0. The first-order valence-electron chi connectivity index (χ1n) is 10.0. The maximum absolute atomic E-state index is 13.2. The summed E-state index contributed by atoms with van der Waals surface area (Å²) in [5, 5.41) is 2.68. The molecular weight excluding hydrogens is 416 g/mol. The first kappa shape index (κ1) is 23.0. The predicted octanol–water partition coefficient (Wildman–Crippen LogP) is 0.581. The summed E-state index contributed by atoms with van der Waals surface area (Å²) in [5.41, 5.74) is 0.231. The standard InChI is InChI=1S/C22H26N4O6/c1-30-12-10-23-19(27)14-26-16-5-4-9-24-20(16)21(28)25(22(26)29)11-8-15-6-7-17(31-2)18(13-15)32-3/h4-7,9,13H,8,10-12,14H2,1-3H3,(H,23,27). The van der Waals surface area contributed by atoms with Gasteiger partial charge in [0.15, 0.2) is 17.0 Å². The molecule has 1 amide bonds. The molecule has 2 aromatic heterocycles. The van der Waals surface area contributed by atoms with Crippen LogP contribution in [0.3, 0.4) is 0 Å². The molecule has 32 heavy (non-hydrogen) atoms. The molecule has 0 aliphatic rings. The number of ether oxygens (including phenoxy) is 3. The number of nitrogens with one attached hydrogen (secondary N) is 1. The van der Waals surface area contributed by atoms with Crippen molar-refractivity contribution >= 4 is 16.9 Å². The lowest BCUT2D eigenvalue weighted by atomic mass is 10.1. The number of methoxy groups -OCH3 is 3. The van der Waals surface area contributed by atoms with Gasteiger partial charge in [0.2, 0.25) is 5.91 Å². The highest BCUT2D eigenvalue weighted by molar-refractivity contribution is 5.79. The molecule has 1 aromatic carbocycles. The van der Waals surface area contributed by atoms with E-state index in [4.69, 9.17) is 14.2 Å². The van der Waals surface area contributed by atoms with Gasteiger partial charge in [0.1, 0.15) is 6.54 Å². The molecule has 170 valence electrons. The van der Waals surface area contributed by atoms with Gasteiger partial charge in [-0.2, -0.15) is 0 Å². The van der Waals surface area contributed by atoms with Crippen LogP contribution in [0.5, 0.6) is 11.5 Å². The zero-order valence-electron chi connectivity index (χ0n) is 18.3.